The summed E-state index contributed by atoms with van der Waals surface area (Å²) in [7, 11) is 0. The Morgan fingerprint density at radius 3 is 2.71 bits per heavy atom. The highest BCUT2D eigenvalue weighted by Gasteiger charge is 2.20. The van der Waals surface area contributed by atoms with E-state index in [1.807, 2.05) is 6.07 Å². The van der Waals surface area contributed by atoms with Crippen LogP contribution < -0.4 is 11.3 Å². The highest BCUT2D eigenvalue weighted by Crippen LogP contribution is 2.27. The molecule has 1 aromatic heterocycles. The predicted molar refractivity (Wildman–Crippen MR) is 57.6 cm³/mol. The van der Waals surface area contributed by atoms with Crippen LogP contribution in [0.25, 0.3) is 0 Å². The lowest BCUT2D eigenvalue weighted by Gasteiger charge is -2.21. The molecule has 0 amide bonds. The van der Waals surface area contributed by atoms with Gasteiger partial charge in [0.2, 0.25) is 0 Å². The van der Waals surface area contributed by atoms with Crippen LogP contribution in [0.3, 0.4) is 0 Å². The normalized spacial score (nSPS) is 15.4. The van der Waals surface area contributed by atoms with Crippen molar-refractivity contribution in [3.8, 4) is 0 Å². The van der Waals surface area contributed by atoms with E-state index in [4.69, 9.17) is 10.3 Å². The largest absolute Gasteiger partial charge is 0.469 e. The van der Waals surface area contributed by atoms with Crippen molar-refractivity contribution < 1.29 is 4.42 Å². The standard InChI is InChI=1S/C11H20N2O/c1-4-8(3)11(13-12)9-6-7-14-10(9)5-2/h6-8,11,13H,4-5,12H2,1-3H3. The van der Waals surface area contributed by atoms with Gasteiger partial charge in [-0.3, -0.25) is 11.3 Å². The molecule has 80 valence electrons. The summed E-state index contributed by atoms with van der Waals surface area (Å²) >= 11 is 0. The summed E-state index contributed by atoms with van der Waals surface area (Å²) in [6, 6.07) is 2.21. The lowest BCUT2D eigenvalue weighted by molar-refractivity contribution is 0.374. The molecule has 1 aromatic rings. The molecule has 0 aliphatic carbocycles. The van der Waals surface area contributed by atoms with E-state index < -0.39 is 0 Å². The fourth-order valence-electron chi connectivity index (χ4n) is 1.71. The fourth-order valence-corrected chi connectivity index (χ4v) is 1.71. The summed E-state index contributed by atoms with van der Waals surface area (Å²) < 4.78 is 5.40. The lowest BCUT2D eigenvalue weighted by Crippen LogP contribution is -2.32. The van der Waals surface area contributed by atoms with Crippen LogP contribution in [-0.2, 0) is 6.42 Å². The Morgan fingerprint density at radius 1 is 1.50 bits per heavy atom. The van der Waals surface area contributed by atoms with Crippen molar-refractivity contribution in [3.63, 3.8) is 0 Å². The Labute approximate surface area is 85.6 Å². The van der Waals surface area contributed by atoms with Crippen molar-refractivity contribution in [3.05, 3.63) is 23.7 Å². The first-order chi connectivity index (χ1) is 6.74. The molecule has 3 nitrogen and oxygen atoms in total. The zero-order chi connectivity index (χ0) is 10.6. The van der Waals surface area contributed by atoms with Gasteiger partial charge in [-0.1, -0.05) is 27.2 Å². The number of hydrazine groups is 1. The van der Waals surface area contributed by atoms with Crippen molar-refractivity contribution in [1.82, 2.24) is 5.43 Å². The third-order valence-electron chi connectivity index (χ3n) is 2.83. The van der Waals surface area contributed by atoms with E-state index in [0.29, 0.717) is 5.92 Å². The summed E-state index contributed by atoms with van der Waals surface area (Å²) in [5.74, 6) is 7.12. The molecule has 0 aliphatic rings. The number of hydrogen-bond donors (Lipinski definition) is 2. The van der Waals surface area contributed by atoms with Gasteiger partial charge in [0.15, 0.2) is 0 Å². The van der Waals surface area contributed by atoms with Gasteiger partial charge in [-0.15, -0.1) is 0 Å². The second-order valence-corrected chi connectivity index (χ2v) is 3.68. The van der Waals surface area contributed by atoms with Crippen LogP contribution in [0.1, 0.15) is 44.6 Å². The quantitative estimate of drug-likeness (QED) is 0.561. The highest BCUT2D eigenvalue weighted by atomic mass is 16.3. The average molecular weight is 196 g/mol. The van der Waals surface area contributed by atoms with Gasteiger partial charge in [-0.25, -0.2) is 0 Å². The van der Waals surface area contributed by atoms with E-state index in [0.717, 1.165) is 18.6 Å². The molecular formula is C11H20N2O. The highest BCUT2D eigenvalue weighted by molar-refractivity contribution is 5.21. The monoisotopic (exact) mass is 196 g/mol. The second-order valence-electron chi connectivity index (χ2n) is 3.68. The number of aryl methyl sites for hydroxylation is 1. The van der Waals surface area contributed by atoms with Crippen molar-refractivity contribution in [2.45, 2.75) is 39.7 Å². The van der Waals surface area contributed by atoms with Gasteiger partial charge in [0.1, 0.15) is 5.76 Å². The molecule has 0 radical (unpaired) electrons. The van der Waals surface area contributed by atoms with E-state index >= 15 is 0 Å². The zero-order valence-electron chi connectivity index (χ0n) is 9.21. The van der Waals surface area contributed by atoms with Crippen LogP contribution in [0.15, 0.2) is 16.7 Å². The Kier molecular flexibility index (Phi) is 4.17. The van der Waals surface area contributed by atoms with Crippen LogP contribution in [0.5, 0.6) is 0 Å². The number of nitrogens with two attached hydrogens (primary N) is 1. The smallest absolute Gasteiger partial charge is 0.108 e. The first-order valence-electron chi connectivity index (χ1n) is 5.26. The van der Waals surface area contributed by atoms with Gasteiger partial charge >= 0.3 is 0 Å². The first kappa shape index (κ1) is 11.3. The van der Waals surface area contributed by atoms with Gasteiger partial charge in [0.05, 0.1) is 12.3 Å². The van der Waals surface area contributed by atoms with E-state index in [9.17, 15) is 0 Å². The Hall–Kier alpha value is -0.800. The molecule has 0 spiro atoms. The summed E-state index contributed by atoms with van der Waals surface area (Å²) in [6.07, 6.45) is 3.75. The topological polar surface area (TPSA) is 51.2 Å². The molecule has 14 heavy (non-hydrogen) atoms. The minimum absolute atomic E-state index is 0.202. The van der Waals surface area contributed by atoms with Gasteiger partial charge in [-0.05, 0) is 12.0 Å². The molecule has 3 heteroatoms. The van der Waals surface area contributed by atoms with E-state index in [1.54, 1.807) is 6.26 Å². The van der Waals surface area contributed by atoms with Crippen molar-refractivity contribution in [1.29, 1.82) is 0 Å². The number of nitrogens with one attached hydrogen (secondary N) is 1. The van der Waals surface area contributed by atoms with E-state index in [2.05, 4.69) is 26.2 Å². The first-order valence-corrected chi connectivity index (χ1v) is 5.26. The minimum Gasteiger partial charge on any atom is -0.469 e. The molecule has 0 bridgehead atoms. The van der Waals surface area contributed by atoms with Crippen LogP contribution in [0.4, 0.5) is 0 Å². The fraction of sp³-hybridized carbons (Fsp3) is 0.636. The molecule has 1 heterocycles. The molecule has 3 N–H and O–H groups in total. The molecular weight excluding hydrogens is 176 g/mol. The minimum atomic E-state index is 0.202. The summed E-state index contributed by atoms with van der Waals surface area (Å²) in [6.45, 7) is 6.45. The molecule has 2 unspecified atom stereocenters. The number of furan rings is 1. The second kappa shape index (κ2) is 5.17. The molecule has 2 atom stereocenters. The van der Waals surface area contributed by atoms with Gasteiger partial charge in [-0.2, -0.15) is 0 Å². The molecule has 0 saturated carbocycles. The molecule has 0 saturated heterocycles. The van der Waals surface area contributed by atoms with Crippen molar-refractivity contribution >= 4 is 0 Å². The van der Waals surface area contributed by atoms with Gasteiger partial charge in [0.25, 0.3) is 0 Å². The van der Waals surface area contributed by atoms with E-state index in [1.165, 1.54) is 5.56 Å². The van der Waals surface area contributed by atoms with Crippen LogP contribution >= 0.6 is 0 Å². The molecule has 0 aliphatic heterocycles. The molecule has 0 aromatic carbocycles. The van der Waals surface area contributed by atoms with Crippen LogP contribution in [-0.4, -0.2) is 0 Å². The number of hydrogen-bond acceptors (Lipinski definition) is 3. The Bertz CT molecular complexity index is 270. The zero-order valence-corrected chi connectivity index (χ0v) is 9.21. The van der Waals surface area contributed by atoms with Crippen molar-refractivity contribution in [2.75, 3.05) is 0 Å². The lowest BCUT2D eigenvalue weighted by atomic mass is 9.93. The maximum atomic E-state index is 5.57. The summed E-state index contributed by atoms with van der Waals surface area (Å²) in [4.78, 5) is 0. The summed E-state index contributed by atoms with van der Waals surface area (Å²) in [5.41, 5.74) is 4.07. The van der Waals surface area contributed by atoms with Gasteiger partial charge in [0, 0.05) is 12.0 Å². The van der Waals surface area contributed by atoms with E-state index in [-0.39, 0.29) is 6.04 Å². The summed E-state index contributed by atoms with van der Waals surface area (Å²) in [5, 5.41) is 0. The Balaban J connectivity index is 2.88. The third-order valence-corrected chi connectivity index (χ3v) is 2.83. The van der Waals surface area contributed by atoms with Crippen LogP contribution in [0, 0.1) is 5.92 Å². The third kappa shape index (κ3) is 2.16. The maximum Gasteiger partial charge on any atom is 0.108 e. The predicted octanol–water partition coefficient (Wildman–Crippen LogP) is 2.39. The molecule has 1 rings (SSSR count). The number of rotatable bonds is 5. The molecule has 0 fully saturated rings. The van der Waals surface area contributed by atoms with Crippen LogP contribution in [0.2, 0.25) is 0 Å². The van der Waals surface area contributed by atoms with Crippen molar-refractivity contribution in [2.24, 2.45) is 11.8 Å². The maximum absolute atomic E-state index is 5.57. The van der Waals surface area contributed by atoms with Gasteiger partial charge < -0.3 is 4.42 Å². The Morgan fingerprint density at radius 2 is 2.21 bits per heavy atom. The SMILES string of the molecule is CCc1occc1C(NN)C(C)CC. The average Bonchev–Trinajstić information content (AvgIpc) is 2.66.